The molecule has 0 atom stereocenters. The van der Waals surface area contributed by atoms with Gasteiger partial charge in [0.15, 0.2) is 4.90 Å². The van der Waals surface area contributed by atoms with E-state index in [2.05, 4.69) is 4.98 Å². The Labute approximate surface area is 172 Å². The molecule has 0 bridgehead atoms. The van der Waals surface area contributed by atoms with Gasteiger partial charge in [-0.15, -0.1) is 11.3 Å². The lowest BCUT2D eigenvalue weighted by molar-refractivity contribution is -0.387. The monoisotopic (exact) mass is 433 g/mol. The summed E-state index contributed by atoms with van der Waals surface area (Å²) in [6.07, 6.45) is 1.26. The number of hydrogen-bond acceptors (Lipinski definition) is 7. The van der Waals surface area contributed by atoms with Crippen molar-refractivity contribution in [3.8, 4) is 5.75 Å². The highest BCUT2D eigenvalue weighted by Gasteiger charge is 2.35. The summed E-state index contributed by atoms with van der Waals surface area (Å²) in [5.74, 6) is 0.426. The molecular weight excluding hydrogens is 414 g/mol. The van der Waals surface area contributed by atoms with Crippen LogP contribution in [0.1, 0.15) is 23.8 Å². The quantitative estimate of drug-likeness (QED) is 0.448. The first-order chi connectivity index (χ1) is 13.9. The molecule has 4 rings (SSSR count). The second-order valence-electron chi connectivity index (χ2n) is 6.79. The van der Waals surface area contributed by atoms with Crippen molar-refractivity contribution in [1.82, 2.24) is 9.29 Å². The zero-order chi connectivity index (χ0) is 20.6. The maximum atomic E-state index is 13.1. The SMILES string of the molecule is COc1ccc(S(=O)(=O)N2CCC(c3nc4ccccc4s3)CC2)c([N+](=O)[O-])c1. The van der Waals surface area contributed by atoms with E-state index in [1.165, 1.54) is 23.5 Å². The molecule has 152 valence electrons. The average molecular weight is 434 g/mol. The number of nitro groups is 1. The number of fused-ring (bicyclic) bond motifs is 1. The van der Waals surface area contributed by atoms with Crippen LogP contribution in [0.4, 0.5) is 5.69 Å². The smallest absolute Gasteiger partial charge is 0.293 e. The Morgan fingerprint density at radius 2 is 1.93 bits per heavy atom. The van der Waals surface area contributed by atoms with Crippen LogP contribution in [-0.4, -0.2) is 42.8 Å². The second kappa shape index (κ2) is 7.69. The largest absolute Gasteiger partial charge is 0.497 e. The van der Waals surface area contributed by atoms with Gasteiger partial charge in [0.05, 0.1) is 33.3 Å². The van der Waals surface area contributed by atoms with Crippen LogP contribution in [0.3, 0.4) is 0 Å². The Morgan fingerprint density at radius 1 is 1.21 bits per heavy atom. The number of nitro benzene ring substituents is 1. The fourth-order valence-electron chi connectivity index (χ4n) is 3.53. The van der Waals surface area contributed by atoms with Crippen molar-refractivity contribution in [3.05, 3.63) is 57.6 Å². The van der Waals surface area contributed by atoms with E-state index in [1.54, 1.807) is 11.3 Å². The standard InChI is InChI=1S/C19H19N3O5S2/c1-27-14-6-7-18(16(12-14)22(23)24)29(25,26)21-10-8-13(9-11-21)19-20-15-4-2-3-5-17(15)28-19/h2-7,12-13H,8-11H2,1H3. The van der Waals surface area contributed by atoms with Crippen LogP contribution in [0.2, 0.25) is 0 Å². The summed E-state index contributed by atoms with van der Waals surface area (Å²) in [5.41, 5.74) is 0.481. The van der Waals surface area contributed by atoms with Gasteiger partial charge < -0.3 is 4.74 Å². The first-order valence-electron chi connectivity index (χ1n) is 9.08. The van der Waals surface area contributed by atoms with Crippen LogP contribution in [0.15, 0.2) is 47.4 Å². The van der Waals surface area contributed by atoms with Crippen molar-refractivity contribution in [1.29, 1.82) is 0 Å². The van der Waals surface area contributed by atoms with Gasteiger partial charge in [-0.25, -0.2) is 13.4 Å². The molecule has 0 aliphatic carbocycles. The van der Waals surface area contributed by atoms with Gasteiger partial charge in [-0.3, -0.25) is 10.1 Å². The molecule has 1 fully saturated rings. The van der Waals surface area contributed by atoms with E-state index in [0.717, 1.165) is 21.3 Å². The number of rotatable bonds is 5. The van der Waals surface area contributed by atoms with Crippen LogP contribution >= 0.6 is 11.3 Å². The van der Waals surface area contributed by atoms with E-state index in [-0.39, 0.29) is 16.6 Å². The Hall–Kier alpha value is -2.56. The van der Waals surface area contributed by atoms with Gasteiger partial charge >= 0.3 is 0 Å². The Morgan fingerprint density at radius 3 is 2.59 bits per heavy atom. The first-order valence-corrected chi connectivity index (χ1v) is 11.3. The molecule has 0 radical (unpaired) electrons. The van der Waals surface area contributed by atoms with Crippen LogP contribution < -0.4 is 4.74 Å². The minimum atomic E-state index is -3.97. The van der Waals surface area contributed by atoms with Gasteiger partial charge in [0.2, 0.25) is 10.0 Å². The zero-order valence-corrected chi connectivity index (χ0v) is 17.3. The third-order valence-corrected chi connectivity index (χ3v) is 8.24. The number of para-hydroxylation sites is 1. The maximum Gasteiger partial charge on any atom is 0.293 e. The van der Waals surface area contributed by atoms with E-state index in [1.807, 2.05) is 24.3 Å². The van der Waals surface area contributed by atoms with Gasteiger partial charge in [0.25, 0.3) is 5.69 Å². The number of hydrogen-bond donors (Lipinski definition) is 0. The number of piperidine rings is 1. The second-order valence-corrected chi connectivity index (χ2v) is 9.76. The lowest BCUT2D eigenvalue weighted by atomic mass is 9.99. The maximum absolute atomic E-state index is 13.1. The summed E-state index contributed by atoms with van der Waals surface area (Å²) in [6.45, 7) is 0.595. The van der Waals surface area contributed by atoms with E-state index in [9.17, 15) is 18.5 Å². The van der Waals surface area contributed by atoms with Crippen molar-refractivity contribution in [2.75, 3.05) is 20.2 Å². The molecule has 0 amide bonds. The minimum Gasteiger partial charge on any atom is -0.497 e. The fraction of sp³-hybridized carbons (Fsp3) is 0.316. The Bertz CT molecular complexity index is 1130. The topological polar surface area (TPSA) is 103 Å². The summed E-state index contributed by atoms with van der Waals surface area (Å²) >= 11 is 1.64. The predicted octanol–water partition coefficient (Wildman–Crippen LogP) is 3.78. The Kier molecular flexibility index (Phi) is 5.24. The van der Waals surface area contributed by atoms with Crippen molar-refractivity contribution >= 4 is 37.3 Å². The highest BCUT2D eigenvalue weighted by Crippen LogP contribution is 2.37. The number of sulfonamides is 1. The summed E-state index contributed by atoms with van der Waals surface area (Å²) in [6, 6.07) is 11.7. The van der Waals surface area contributed by atoms with Crippen LogP contribution in [0.25, 0.3) is 10.2 Å². The lowest BCUT2D eigenvalue weighted by Gasteiger charge is -2.30. The fourth-order valence-corrected chi connectivity index (χ4v) is 6.28. The Balaban J connectivity index is 1.55. The van der Waals surface area contributed by atoms with Crippen molar-refractivity contribution < 1.29 is 18.1 Å². The van der Waals surface area contributed by atoms with Crippen LogP contribution in [0, 0.1) is 10.1 Å². The zero-order valence-electron chi connectivity index (χ0n) is 15.6. The van der Waals surface area contributed by atoms with Crippen LogP contribution in [0.5, 0.6) is 5.75 Å². The normalized spacial score (nSPS) is 16.2. The molecule has 10 heteroatoms. The molecule has 2 aromatic carbocycles. The molecular formula is C19H19N3O5S2. The molecule has 1 aliphatic rings. The molecule has 29 heavy (non-hydrogen) atoms. The van der Waals surface area contributed by atoms with Crippen molar-refractivity contribution in [2.24, 2.45) is 0 Å². The lowest BCUT2D eigenvalue weighted by Crippen LogP contribution is -2.38. The van der Waals surface area contributed by atoms with Gasteiger partial charge in [0.1, 0.15) is 5.75 Å². The molecule has 1 aliphatic heterocycles. The number of methoxy groups -OCH3 is 1. The molecule has 0 spiro atoms. The molecule has 0 saturated carbocycles. The van der Waals surface area contributed by atoms with Gasteiger partial charge in [-0.2, -0.15) is 4.31 Å². The molecule has 0 unspecified atom stereocenters. The predicted molar refractivity (Wildman–Crippen MR) is 110 cm³/mol. The number of thiazole rings is 1. The molecule has 1 aromatic heterocycles. The van der Waals surface area contributed by atoms with E-state index < -0.39 is 20.6 Å². The van der Waals surface area contributed by atoms with E-state index >= 15 is 0 Å². The molecule has 1 saturated heterocycles. The third-order valence-electron chi connectivity index (χ3n) is 5.09. The van der Waals surface area contributed by atoms with Crippen LogP contribution in [-0.2, 0) is 10.0 Å². The summed E-state index contributed by atoms with van der Waals surface area (Å²) < 4.78 is 33.6. The van der Waals surface area contributed by atoms with Gasteiger partial charge in [-0.05, 0) is 37.1 Å². The summed E-state index contributed by atoms with van der Waals surface area (Å²) in [7, 11) is -2.60. The molecule has 8 nitrogen and oxygen atoms in total. The molecule has 2 heterocycles. The first kappa shape index (κ1) is 19.7. The summed E-state index contributed by atoms with van der Waals surface area (Å²) in [5, 5.41) is 12.4. The number of benzene rings is 2. The van der Waals surface area contributed by atoms with Gasteiger partial charge in [-0.1, -0.05) is 12.1 Å². The van der Waals surface area contributed by atoms with Crippen molar-refractivity contribution in [3.63, 3.8) is 0 Å². The highest BCUT2D eigenvalue weighted by molar-refractivity contribution is 7.89. The minimum absolute atomic E-state index is 0.185. The average Bonchev–Trinajstić information content (AvgIpc) is 3.17. The highest BCUT2D eigenvalue weighted by atomic mass is 32.2. The summed E-state index contributed by atoms with van der Waals surface area (Å²) in [4.78, 5) is 15.1. The number of nitrogens with zero attached hydrogens (tertiary/aromatic N) is 3. The molecule has 0 N–H and O–H groups in total. The third kappa shape index (κ3) is 3.70. The van der Waals surface area contributed by atoms with E-state index in [4.69, 9.17) is 4.74 Å². The van der Waals surface area contributed by atoms with Crippen molar-refractivity contribution in [2.45, 2.75) is 23.7 Å². The number of ether oxygens (including phenoxy) is 1. The number of aromatic nitrogens is 1. The molecule has 3 aromatic rings. The van der Waals surface area contributed by atoms with E-state index in [0.29, 0.717) is 25.9 Å². The van der Waals surface area contributed by atoms with Gasteiger partial charge in [0, 0.05) is 19.0 Å².